The van der Waals surface area contributed by atoms with Crippen molar-refractivity contribution in [3.63, 3.8) is 0 Å². The molecule has 1 amide bonds. The largest absolute Gasteiger partial charge is 0.309 e. The molecule has 2 rings (SSSR count). The fourth-order valence-corrected chi connectivity index (χ4v) is 1.25. The van der Waals surface area contributed by atoms with E-state index in [9.17, 15) is 4.79 Å². The Morgan fingerprint density at radius 3 is 3.12 bits per heavy atom. The van der Waals surface area contributed by atoms with Gasteiger partial charge in [0.2, 0.25) is 5.91 Å². The number of aromatic nitrogens is 5. The number of hydrogen-bond acceptors (Lipinski definition) is 4. The van der Waals surface area contributed by atoms with Crippen LogP contribution in [0.15, 0.2) is 18.7 Å². The van der Waals surface area contributed by atoms with Crippen LogP contribution in [0, 0.1) is 6.92 Å². The molecule has 0 fully saturated rings. The molecule has 0 aliphatic rings. The van der Waals surface area contributed by atoms with Crippen LogP contribution in [-0.4, -0.2) is 30.9 Å². The van der Waals surface area contributed by atoms with E-state index >= 15 is 0 Å². The first-order chi connectivity index (χ1) is 7.74. The number of H-pyrrole nitrogens is 1. The Hall–Kier alpha value is -2.18. The van der Waals surface area contributed by atoms with Gasteiger partial charge in [-0.3, -0.25) is 14.6 Å². The first kappa shape index (κ1) is 10.3. The maximum atomic E-state index is 11.5. The lowest BCUT2D eigenvalue weighted by molar-refractivity contribution is -0.116. The number of amides is 1. The van der Waals surface area contributed by atoms with Gasteiger partial charge in [0.15, 0.2) is 5.82 Å². The van der Waals surface area contributed by atoms with Crippen LogP contribution in [0.1, 0.15) is 12.1 Å². The zero-order chi connectivity index (χ0) is 11.4. The van der Waals surface area contributed by atoms with Gasteiger partial charge in [-0.25, -0.2) is 4.98 Å². The van der Waals surface area contributed by atoms with Gasteiger partial charge in [0, 0.05) is 18.2 Å². The molecule has 7 nitrogen and oxygen atoms in total. The lowest BCUT2D eigenvalue weighted by Crippen LogP contribution is -2.14. The van der Waals surface area contributed by atoms with Gasteiger partial charge in [-0.15, -0.1) is 0 Å². The summed E-state index contributed by atoms with van der Waals surface area (Å²) < 4.78 is 1.61. The molecule has 7 heteroatoms. The molecule has 0 aliphatic carbocycles. The molecule has 84 valence electrons. The van der Waals surface area contributed by atoms with Gasteiger partial charge < -0.3 is 5.32 Å². The van der Waals surface area contributed by atoms with Crippen LogP contribution in [0.5, 0.6) is 0 Å². The summed E-state index contributed by atoms with van der Waals surface area (Å²) in [5.41, 5.74) is 0.909. The van der Waals surface area contributed by atoms with E-state index in [1.165, 1.54) is 6.33 Å². The molecular formula is C9H12N6O. The Balaban J connectivity index is 1.81. The second-order valence-electron chi connectivity index (χ2n) is 3.39. The molecule has 2 heterocycles. The minimum absolute atomic E-state index is 0.0954. The predicted octanol–water partition coefficient (Wildman–Crippen LogP) is 0.338. The Morgan fingerprint density at radius 1 is 1.62 bits per heavy atom. The van der Waals surface area contributed by atoms with Crippen LogP contribution < -0.4 is 5.32 Å². The zero-order valence-corrected chi connectivity index (χ0v) is 8.84. The van der Waals surface area contributed by atoms with E-state index in [0.29, 0.717) is 18.8 Å². The van der Waals surface area contributed by atoms with E-state index < -0.39 is 0 Å². The van der Waals surface area contributed by atoms with E-state index in [0.717, 1.165) is 5.69 Å². The molecule has 0 aromatic carbocycles. The first-order valence-electron chi connectivity index (χ1n) is 4.88. The van der Waals surface area contributed by atoms with Crippen molar-refractivity contribution in [3.8, 4) is 0 Å². The summed E-state index contributed by atoms with van der Waals surface area (Å²) in [5, 5.41) is 13.2. The van der Waals surface area contributed by atoms with Crippen molar-refractivity contribution in [2.75, 3.05) is 5.32 Å². The van der Waals surface area contributed by atoms with Crippen LogP contribution in [0.2, 0.25) is 0 Å². The van der Waals surface area contributed by atoms with Gasteiger partial charge in [0.05, 0.1) is 6.54 Å². The monoisotopic (exact) mass is 220 g/mol. The molecule has 2 aromatic heterocycles. The number of aromatic amines is 1. The van der Waals surface area contributed by atoms with Crippen molar-refractivity contribution in [2.24, 2.45) is 0 Å². The Labute approximate surface area is 91.9 Å². The Bertz CT molecular complexity index is 460. The number of rotatable bonds is 4. The molecule has 2 N–H and O–H groups in total. The summed E-state index contributed by atoms with van der Waals surface area (Å²) in [6.45, 7) is 2.38. The third-order valence-electron chi connectivity index (χ3n) is 2.01. The highest BCUT2D eigenvalue weighted by Gasteiger charge is 2.05. The maximum Gasteiger partial charge on any atom is 0.227 e. The normalized spacial score (nSPS) is 10.3. The van der Waals surface area contributed by atoms with Crippen LogP contribution in [0.4, 0.5) is 5.82 Å². The molecule has 0 spiro atoms. The highest BCUT2D eigenvalue weighted by atomic mass is 16.1. The summed E-state index contributed by atoms with van der Waals surface area (Å²) in [6, 6.07) is 1.77. The molecular weight excluding hydrogens is 208 g/mol. The summed E-state index contributed by atoms with van der Waals surface area (Å²) in [7, 11) is 0. The van der Waals surface area contributed by atoms with E-state index in [1.54, 1.807) is 17.1 Å². The fourth-order valence-electron chi connectivity index (χ4n) is 1.25. The van der Waals surface area contributed by atoms with Gasteiger partial charge in [-0.1, -0.05) is 0 Å². The van der Waals surface area contributed by atoms with Crippen molar-refractivity contribution >= 4 is 11.7 Å². The minimum Gasteiger partial charge on any atom is -0.309 e. The molecule has 0 unspecified atom stereocenters. The smallest absolute Gasteiger partial charge is 0.227 e. The zero-order valence-electron chi connectivity index (χ0n) is 8.84. The number of anilines is 1. The summed E-state index contributed by atoms with van der Waals surface area (Å²) >= 11 is 0. The highest BCUT2D eigenvalue weighted by Crippen LogP contribution is 2.04. The van der Waals surface area contributed by atoms with E-state index in [4.69, 9.17) is 0 Å². The SMILES string of the molecule is Cc1cc(NC(=O)CCn2cncn2)n[nH]1. The predicted molar refractivity (Wildman–Crippen MR) is 56.6 cm³/mol. The molecule has 0 saturated carbocycles. The standard InChI is InChI=1S/C9H12N6O/c1-7-4-8(14-13-7)12-9(16)2-3-15-6-10-5-11-15/h4-6H,2-3H2,1H3,(H2,12,13,14,16). The lowest BCUT2D eigenvalue weighted by atomic mass is 10.4. The highest BCUT2D eigenvalue weighted by molar-refractivity contribution is 5.89. The summed E-state index contributed by atoms with van der Waals surface area (Å²) in [5.74, 6) is 0.447. The van der Waals surface area contributed by atoms with Crippen molar-refractivity contribution in [1.82, 2.24) is 25.0 Å². The van der Waals surface area contributed by atoms with Crippen LogP contribution in [0.25, 0.3) is 0 Å². The number of carbonyl (C=O) groups excluding carboxylic acids is 1. The number of aryl methyl sites for hydroxylation is 2. The van der Waals surface area contributed by atoms with Gasteiger partial charge in [-0.05, 0) is 6.92 Å². The minimum atomic E-state index is -0.0954. The van der Waals surface area contributed by atoms with E-state index in [-0.39, 0.29) is 5.91 Å². The molecule has 0 saturated heterocycles. The summed E-state index contributed by atoms with van der Waals surface area (Å²) in [6.07, 6.45) is 3.36. The van der Waals surface area contributed by atoms with E-state index in [1.807, 2.05) is 6.92 Å². The molecule has 16 heavy (non-hydrogen) atoms. The summed E-state index contributed by atoms with van der Waals surface area (Å²) in [4.78, 5) is 15.3. The second-order valence-corrected chi connectivity index (χ2v) is 3.39. The topological polar surface area (TPSA) is 88.5 Å². The van der Waals surface area contributed by atoms with Gasteiger partial charge >= 0.3 is 0 Å². The average Bonchev–Trinajstić information content (AvgIpc) is 2.87. The van der Waals surface area contributed by atoms with Crippen molar-refractivity contribution in [1.29, 1.82) is 0 Å². The number of nitrogens with one attached hydrogen (secondary N) is 2. The lowest BCUT2D eigenvalue weighted by Gasteiger charge is -2.01. The first-order valence-corrected chi connectivity index (χ1v) is 4.88. The van der Waals surface area contributed by atoms with Gasteiger partial charge in [0.1, 0.15) is 12.7 Å². The quantitative estimate of drug-likeness (QED) is 0.777. The maximum absolute atomic E-state index is 11.5. The molecule has 2 aromatic rings. The van der Waals surface area contributed by atoms with Crippen molar-refractivity contribution < 1.29 is 4.79 Å². The Kier molecular flexibility index (Phi) is 2.95. The molecule has 0 bridgehead atoms. The third kappa shape index (κ3) is 2.66. The van der Waals surface area contributed by atoms with E-state index in [2.05, 4.69) is 25.6 Å². The molecule has 0 atom stereocenters. The molecule has 0 aliphatic heterocycles. The van der Waals surface area contributed by atoms with Gasteiger partial charge in [-0.2, -0.15) is 10.2 Å². The number of nitrogens with zero attached hydrogens (tertiary/aromatic N) is 4. The van der Waals surface area contributed by atoms with Crippen LogP contribution >= 0.6 is 0 Å². The van der Waals surface area contributed by atoms with Crippen molar-refractivity contribution in [2.45, 2.75) is 19.9 Å². The second kappa shape index (κ2) is 4.56. The molecule has 0 radical (unpaired) electrons. The number of hydrogen-bond donors (Lipinski definition) is 2. The third-order valence-corrected chi connectivity index (χ3v) is 2.01. The van der Waals surface area contributed by atoms with Gasteiger partial charge in [0.25, 0.3) is 0 Å². The van der Waals surface area contributed by atoms with Crippen LogP contribution in [0.3, 0.4) is 0 Å². The van der Waals surface area contributed by atoms with Crippen molar-refractivity contribution in [3.05, 3.63) is 24.4 Å². The number of carbonyl (C=O) groups is 1. The Morgan fingerprint density at radius 2 is 2.50 bits per heavy atom. The van der Waals surface area contributed by atoms with Crippen LogP contribution in [-0.2, 0) is 11.3 Å². The fraction of sp³-hybridized carbons (Fsp3) is 0.333. The average molecular weight is 220 g/mol.